The number of nitrogens with zero attached hydrogens (tertiary/aromatic N) is 1. The van der Waals surface area contributed by atoms with E-state index in [4.69, 9.17) is 27.9 Å². The lowest BCUT2D eigenvalue weighted by Crippen LogP contribution is -2.42. The number of amides is 2. The first-order valence-corrected chi connectivity index (χ1v) is 10.1. The maximum Gasteiger partial charge on any atom is 0.407 e. The van der Waals surface area contributed by atoms with Crippen molar-refractivity contribution >= 4 is 35.2 Å². The van der Waals surface area contributed by atoms with Gasteiger partial charge < -0.3 is 20.1 Å². The SMILES string of the molecule is CC(=O)NCC[C@@H]1OC(C(C)(C)C)CN(C(=O)O)C[C@H]1c1ccc(Cl)c(Cl)c1. The fourth-order valence-corrected chi connectivity index (χ4v) is 3.64. The number of carboxylic acid groups (broad SMARTS) is 1. The summed E-state index contributed by atoms with van der Waals surface area (Å²) in [5.41, 5.74) is 0.620. The Morgan fingerprint density at radius 1 is 1.25 bits per heavy atom. The van der Waals surface area contributed by atoms with Gasteiger partial charge in [-0.25, -0.2) is 4.79 Å². The molecule has 28 heavy (non-hydrogen) atoms. The Kier molecular flexibility index (Phi) is 7.59. The molecule has 1 unspecified atom stereocenters. The number of hydrogen-bond acceptors (Lipinski definition) is 3. The summed E-state index contributed by atoms with van der Waals surface area (Å²) in [6, 6.07) is 5.33. The topological polar surface area (TPSA) is 78.9 Å². The second-order valence-corrected chi connectivity index (χ2v) is 9.08. The lowest BCUT2D eigenvalue weighted by atomic mass is 9.88. The quantitative estimate of drug-likeness (QED) is 0.741. The van der Waals surface area contributed by atoms with E-state index < -0.39 is 6.09 Å². The van der Waals surface area contributed by atoms with Crippen LogP contribution in [0.2, 0.25) is 10.0 Å². The molecule has 1 aliphatic rings. The summed E-state index contributed by atoms with van der Waals surface area (Å²) >= 11 is 12.3. The average Bonchev–Trinajstić information content (AvgIpc) is 2.77. The third kappa shape index (κ3) is 6.00. The minimum atomic E-state index is -0.981. The Labute approximate surface area is 176 Å². The van der Waals surface area contributed by atoms with Crippen molar-refractivity contribution < 1.29 is 19.4 Å². The van der Waals surface area contributed by atoms with Gasteiger partial charge in [-0.05, 0) is 29.5 Å². The Balaban J connectivity index is 2.40. The summed E-state index contributed by atoms with van der Waals surface area (Å²) in [5.74, 6) is -0.341. The van der Waals surface area contributed by atoms with Gasteiger partial charge in [-0.15, -0.1) is 0 Å². The standard InChI is InChI=1S/C20H28Cl2N2O4/c1-12(25)23-8-7-17-14(13-5-6-15(21)16(22)9-13)10-24(19(26)27)11-18(28-17)20(2,3)4/h5-6,9,14,17-18H,7-8,10-11H2,1-4H3,(H,23,25)(H,26,27)/t14-,17-,18?/m0/s1. The molecule has 1 fully saturated rings. The molecule has 0 bridgehead atoms. The average molecular weight is 431 g/mol. The number of rotatable bonds is 4. The maximum atomic E-state index is 11.9. The third-order valence-corrected chi connectivity index (χ3v) is 5.74. The molecule has 8 heteroatoms. The smallest absolute Gasteiger partial charge is 0.407 e. The van der Waals surface area contributed by atoms with Crippen LogP contribution >= 0.6 is 23.2 Å². The summed E-state index contributed by atoms with van der Waals surface area (Å²) in [4.78, 5) is 24.5. The predicted molar refractivity (Wildman–Crippen MR) is 110 cm³/mol. The molecule has 2 N–H and O–H groups in total. The second kappa shape index (κ2) is 9.33. The van der Waals surface area contributed by atoms with Gasteiger partial charge in [0.25, 0.3) is 0 Å². The zero-order valence-electron chi connectivity index (χ0n) is 16.7. The van der Waals surface area contributed by atoms with Gasteiger partial charge in [0, 0.05) is 25.9 Å². The van der Waals surface area contributed by atoms with Gasteiger partial charge >= 0.3 is 6.09 Å². The summed E-state index contributed by atoms with van der Waals surface area (Å²) in [5, 5.41) is 13.4. The molecule has 3 atom stereocenters. The van der Waals surface area contributed by atoms with Crippen molar-refractivity contribution in [3.63, 3.8) is 0 Å². The van der Waals surface area contributed by atoms with Crippen molar-refractivity contribution in [3.8, 4) is 0 Å². The first-order valence-electron chi connectivity index (χ1n) is 9.31. The van der Waals surface area contributed by atoms with Gasteiger partial charge in [0.05, 0.1) is 28.8 Å². The Bertz CT molecular complexity index is 721. The third-order valence-electron chi connectivity index (χ3n) is 5.00. The summed E-state index contributed by atoms with van der Waals surface area (Å²) < 4.78 is 6.44. The van der Waals surface area contributed by atoms with E-state index in [2.05, 4.69) is 5.32 Å². The molecule has 156 valence electrons. The summed E-state index contributed by atoms with van der Waals surface area (Å²) in [7, 11) is 0. The van der Waals surface area contributed by atoms with Crippen LogP contribution in [0.4, 0.5) is 4.79 Å². The van der Waals surface area contributed by atoms with E-state index in [1.54, 1.807) is 12.1 Å². The van der Waals surface area contributed by atoms with E-state index >= 15 is 0 Å². The number of carbonyl (C=O) groups excluding carboxylic acids is 1. The maximum absolute atomic E-state index is 11.9. The van der Waals surface area contributed by atoms with Crippen LogP contribution in [0.1, 0.15) is 45.6 Å². The fourth-order valence-electron chi connectivity index (χ4n) is 3.34. The van der Waals surface area contributed by atoms with Crippen LogP contribution in [-0.2, 0) is 9.53 Å². The van der Waals surface area contributed by atoms with E-state index in [0.717, 1.165) is 5.56 Å². The van der Waals surface area contributed by atoms with Gasteiger partial charge in [0.2, 0.25) is 5.91 Å². The molecule has 1 saturated heterocycles. The van der Waals surface area contributed by atoms with Crippen molar-refractivity contribution in [2.24, 2.45) is 5.41 Å². The lowest BCUT2D eigenvalue weighted by molar-refractivity contribution is -0.119. The van der Waals surface area contributed by atoms with Gasteiger partial charge in [-0.2, -0.15) is 0 Å². The first-order chi connectivity index (χ1) is 13.0. The molecule has 2 amide bonds. The van der Waals surface area contributed by atoms with Crippen molar-refractivity contribution in [1.29, 1.82) is 0 Å². The molecule has 0 radical (unpaired) electrons. The van der Waals surface area contributed by atoms with Crippen molar-refractivity contribution in [2.45, 2.75) is 52.2 Å². The highest BCUT2D eigenvalue weighted by atomic mass is 35.5. The van der Waals surface area contributed by atoms with Crippen molar-refractivity contribution in [2.75, 3.05) is 19.6 Å². The summed E-state index contributed by atoms with van der Waals surface area (Å²) in [6.07, 6.45) is -0.980. The number of hydrogen-bond donors (Lipinski definition) is 2. The van der Waals surface area contributed by atoms with Gasteiger partial charge in [0.1, 0.15) is 0 Å². The highest BCUT2D eigenvalue weighted by Crippen LogP contribution is 2.36. The minimum Gasteiger partial charge on any atom is -0.465 e. The number of ether oxygens (including phenoxy) is 1. The van der Waals surface area contributed by atoms with E-state index in [1.807, 2.05) is 26.8 Å². The largest absolute Gasteiger partial charge is 0.465 e. The Morgan fingerprint density at radius 2 is 1.93 bits per heavy atom. The van der Waals surface area contributed by atoms with Crippen LogP contribution in [0, 0.1) is 5.41 Å². The van der Waals surface area contributed by atoms with Crippen LogP contribution in [0.25, 0.3) is 0 Å². The molecule has 2 rings (SSSR count). The molecule has 0 aliphatic carbocycles. The lowest BCUT2D eigenvalue weighted by Gasteiger charge is -2.34. The number of halogens is 2. The molecule has 1 aromatic rings. The molecule has 0 spiro atoms. The van der Waals surface area contributed by atoms with Gasteiger partial charge in [0.15, 0.2) is 0 Å². The predicted octanol–water partition coefficient (Wildman–Crippen LogP) is 4.40. The number of carbonyl (C=O) groups is 2. The summed E-state index contributed by atoms with van der Waals surface area (Å²) in [6.45, 7) is 8.57. The molecule has 1 aliphatic heterocycles. The van der Waals surface area contributed by atoms with Crippen LogP contribution in [-0.4, -0.2) is 53.8 Å². The monoisotopic (exact) mass is 430 g/mol. The number of nitrogens with one attached hydrogen (secondary N) is 1. The molecule has 1 aromatic carbocycles. The zero-order chi connectivity index (χ0) is 21.1. The van der Waals surface area contributed by atoms with Gasteiger partial charge in [-0.1, -0.05) is 50.0 Å². The Hall–Kier alpha value is -1.50. The first kappa shape index (κ1) is 22.8. The molecular formula is C20H28Cl2N2O4. The van der Waals surface area contributed by atoms with Crippen molar-refractivity contribution in [3.05, 3.63) is 33.8 Å². The molecule has 1 heterocycles. The molecule has 0 saturated carbocycles. The van der Waals surface area contributed by atoms with E-state index in [1.165, 1.54) is 11.8 Å². The minimum absolute atomic E-state index is 0.112. The zero-order valence-corrected chi connectivity index (χ0v) is 18.2. The van der Waals surface area contributed by atoms with Crippen LogP contribution in [0.3, 0.4) is 0 Å². The van der Waals surface area contributed by atoms with E-state index in [9.17, 15) is 14.7 Å². The second-order valence-electron chi connectivity index (χ2n) is 8.27. The molecule has 6 nitrogen and oxygen atoms in total. The fraction of sp³-hybridized carbons (Fsp3) is 0.600. The Morgan fingerprint density at radius 3 is 2.46 bits per heavy atom. The molecular weight excluding hydrogens is 403 g/mol. The molecule has 0 aromatic heterocycles. The van der Waals surface area contributed by atoms with Gasteiger partial charge in [-0.3, -0.25) is 4.79 Å². The van der Waals surface area contributed by atoms with Crippen LogP contribution < -0.4 is 5.32 Å². The van der Waals surface area contributed by atoms with Crippen molar-refractivity contribution in [1.82, 2.24) is 10.2 Å². The highest BCUT2D eigenvalue weighted by molar-refractivity contribution is 6.42. The van der Waals surface area contributed by atoms with E-state index in [0.29, 0.717) is 23.0 Å². The van der Waals surface area contributed by atoms with Crippen LogP contribution in [0.5, 0.6) is 0 Å². The van der Waals surface area contributed by atoms with Crippen LogP contribution in [0.15, 0.2) is 18.2 Å². The normalized spacial score (nSPS) is 23.2. The van der Waals surface area contributed by atoms with E-state index in [-0.39, 0.29) is 42.5 Å². The number of benzene rings is 1. The highest BCUT2D eigenvalue weighted by Gasteiger charge is 2.39.